The molecular formula is C9H10ClO. The molecule has 11 heavy (non-hydrogen) atoms. The summed E-state index contributed by atoms with van der Waals surface area (Å²) in [4.78, 5) is 0. The van der Waals surface area contributed by atoms with E-state index in [0.717, 1.165) is 17.0 Å². The van der Waals surface area contributed by atoms with E-state index in [0.29, 0.717) is 6.61 Å². The average molecular weight is 170 g/mol. The first-order valence-corrected chi connectivity index (χ1v) is 3.83. The van der Waals surface area contributed by atoms with Crippen LogP contribution in [0.3, 0.4) is 0 Å². The topological polar surface area (TPSA) is 9.23 Å². The molecule has 0 N–H and O–H groups in total. The summed E-state index contributed by atoms with van der Waals surface area (Å²) in [6.07, 6.45) is 0.823. The molecule has 0 saturated carbocycles. The maximum absolute atomic E-state index is 5.88. The van der Waals surface area contributed by atoms with Crippen LogP contribution in [0, 0.1) is 7.11 Å². The van der Waals surface area contributed by atoms with Gasteiger partial charge in [-0.1, -0.05) is 29.8 Å². The summed E-state index contributed by atoms with van der Waals surface area (Å²) in [6, 6.07) is 7.74. The van der Waals surface area contributed by atoms with E-state index < -0.39 is 0 Å². The van der Waals surface area contributed by atoms with Crippen molar-refractivity contribution in [2.45, 2.75) is 6.42 Å². The Balaban J connectivity index is 2.62. The molecule has 0 bridgehead atoms. The van der Waals surface area contributed by atoms with E-state index >= 15 is 0 Å². The molecule has 0 spiro atoms. The van der Waals surface area contributed by atoms with Gasteiger partial charge in [-0.2, -0.15) is 0 Å². The fraction of sp³-hybridized carbons (Fsp3) is 0.222. The van der Waals surface area contributed by atoms with E-state index in [4.69, 9.17) is 16.3 Å². The fourth-order valence-corrected chi connectivity index (χ4v) is 1.11. The Labute approximate surface area is 71.9 Å². The van der Waals surface area contributed by atoms with Gasteiger partial charge < -0.3 is 4.74 Å². The second-order valence-corrected chi connectivity index (χ2v) is 2.66. The zero-order valence-electron chi connectivity index (χ0n) is 6.22. The predicted molar refractivity (Wildman–Crippen MR) is 46.5 cm³/mol. The smallest absolute Gasteiger partial charge is 0.0700 e. The van der Waals surface area contributed by atoms with Gasteiger partial charge in [0.25, 0.3) is 0 Å². The lowest BCUT2D eigenvalue weighted by Crippen LogP contribution is -1.93. The van der Waals surface area contributed by atoms with Crippen LogP contribution in [0.5, 0.6) is 0 Å². The van der Waals surface area contributed by atoms with Crippen LogP contribution < -0.4 is 0 Å². The molecule has 1 radical (unpaired) electrons. The second-order valence-electron chi connectivity index (χ2n) is 2.25. The van der Waals surface area contributed by atoms with E-state index in [1.807, 2.05) is 24.3 Å². The number of halogens is 1. The second kappa shape index (κ2) is 4.37. The predicted octanol–water partition coefficient (Wildman–Crippen LogP) is 2.69. The van der Waals surface area contributed by atoms with E-state index in [9.17, 15) is 0 Å². The monoisotopic (exact) mass is 169 g/mol. The maximum atomic E-state index is 5.88. The Bertz CT molecular complexity index is 223. The highest BCUT2D eigenvalue weighted by Crippen LogP contribution is 2.14. The molecule has 1 aromatic rings. The van der Waals surface area contributed by atoms with Crippen LogP contribution in [0.2, 0.25) is 5.02 Å². The van der Waals surface area contributed by atoms with Crippen molar-refractivity contribution in [1.29, 1.82) is 0 Å². The van der Waals surface area contributed by atoms with Gasteiger partial charge in [0.2, 0.25) is 0 Å². The van der Waals surface area contributed by atoms with Gasteiger partial charge in [-0.05, 0) is 18.1 Å². The van der Waals surface area contributed by atoms with Crippen molar-refractivity contribution < 1.29 is 4.74 Å². The Morgan fingerprint density at radius 1 is 1.36 bits per heavy atom. The maximum Gasteiger partial charge on any atom is 0.0700 e. The minimum Gasteiger partial charge on any atom is -0.379 e. The van der Waals surface area contributed by atoms with Crippen molar-refractivity contribution in [2.75, 3.05) is 6.61 Å². The first-order chi connectivity index (χ1) is 5.34. The summed E-state index contributed by atoms with van der Waals surface area (Å²) in [5.74, 6) is 0. The third-order valence-corrected chi connectivity index (χ3v) is 1.84. The van der Waals surface area contributed by atoms with Crippen molar-refractivity contribution in [3.8, 4) is 0 Å². The van der Waals surface area contributed by atoms with Gasteiger partial charge in [0.05, 0.1) is 13.7 Å². The first-order valence-electron chi connectivity index (χ1n) is 3.45. The first kappa shape index (κ1) is 8.57. The third kappa shape index (κ3) is 2.52. The molecule has 0 aliphatic heterocycles. The molecule has 1 aromatic carbocycles. The molecule has 0 amide bonds. The third-order valence-electron chi connectivity index (χ3n) is 1.47. The van der Waals surface area contributed by atoms with Crippen LogP contribution in [0.25, 0.3) is 0 Å². The average Bonchev–Trinajstić information content (AvgIpc) is 2.03. The Morgan fingerprint density at radius 2 is 2.09 bits per heavy atom. The van der Waals surface area contributed by atoms with Crippen LogP contribution in [-0.4, -0.2) is 6.61 Å². The van der Waals surface area contributed by atoms with Crippen molar-refractivity contribution in [1.82, 2.24) is 0 Å². The van der Waals surface area contributed by atoms with Gasteiger partial charge in [0.1, 0.15) is 0 Å². The molecule has 0 aliphatic rings. The van der Waals surface area contributed by atoms with Crippen molar-refractivity contribution in [3.05, 3.63) is 42.0 Å². The summed E-state index contributed by atoms with van der Waals surface area (Å²) < 4.78 is 4.69. The minimum atomic E-state index is 0.615. The summed E-state index contributed by atoms with van der Waals surface area (Å²) in [5, 5.41) is 0.796. The molecule has 0 heterocycles. The highest BCUT2D eigenvalue weighted by molar-refractivity contribution is 6.31. The Kier molecular flexibility index (Phi) is 3.40. The Morgan fingerprint density at radius 3 is 2.73 bits per heavy atom. The summed E-state index contributed by atoms with van der Waals surface area (Å²) in [6.45, 7) is 0.615. The molecule has 1 nitrogen and oxygen atoms in total. The lowest BCUT2D eigenvalue weighted by atomic mass is 10.2. The zero-order valence-corrected chi connectivity index (χ0v) is 6.97. The van der Waals surface area contributed by atoms with Gasteiger partial charge in [-0.15, -0.1) is 0 Å². The fourth-order valence-electron chi connectivity index (χ4n) is 0.883. The molecule has 2 heteroatoms. The van der Waals surface area contributed by atoms with E-state index in [1.165, 1.54) is 0 Å². The molecule has 1 rings (SSSR count). The number of ether oxygens (including phenoxy) is 1. The number of benzene rings is 1. The van der Waals surface area contributed by atoms with Gasteiger partial charge >= 0.3 is 0 Å². The van der Waals surface area contributed by atoms with Crippen LogP contribution in [0.15, 0.2) is 24.3 Å². The molecule has 0 aliphatic carbocycles. The van der Waals surface area contributed by atoms with Crippen molar-refractivity contribution in [2.24, 2.45) is 0 Å². The van der Waals surface area contributed by atoms with Gasteiger partial charge in [0.15, 0.2) is 0 Å². The lowest BCUT2D eigenvalue weighted by molar-refractivity contribution is 0.246. The summed E-state index contributed by atoms with van der Waals surface area (Å²) in [5.41, 5.74) is 1.11. The number of hydrogen-bond donors (Lipinski definition) is 0. The highest BCUT2D eigenvalue weighted by atomic mass is 35.5. The van der Waals surface area contributed by atoms with Crippen LogP contribution >= 0.6 is 11.6 Å². The van der Waals surface area contributed by atoms with Crippen molar-refractivity contribution >= 4 is 11.6 Å². The van der Waals surface area contributed by atoms with Crippen molar-refractivity contribution in [3.63, 3.8) is 0 Å². The Hall–Kier alpha value is -0.530. The van der Waals surface area contributed by atoms with Crippen LogP contribution in [0.4, 0.5) is 0 Å². The standard InChI is InChI=1S/C9H10ClO/c1-11-7-6-8-4-2-3-5-9(8)10/h2-5H,1,6-7H2. The van der Waals surface area contributed by atoms with E-state index in [2.05, 4.69) is 7.11 Å². The van der Waals surface area contributed by atoms with Gasteiger partial charge in [-0.25, -0.2) is 0 Å². The van der Waals surface area contributed by atoms with Gasteiger partial charge in [0, 0.05) is 5.02 Å². The number of rotatable bonds is 3. The lowest BCUT2D eigenvalue weighted by Gasteiger charge is -2.01. The highest BCUT2D eigenvalue weighted by Gasteiger charge is 1.96. The SMILES string of the molecule is [CH2]OCCc1ccccc1Cl. The summed E-state index contributed by atoms with van der Waals surface area (Å²) >= 11 is 5.88. The molecule has 0 unspecified atom stereocenters. The molecular weight excluding hydrogens is 160 g/mol. The molecule has 59 valence electrons. The quantitative estimate of drug-likeness (QED) is 0.676. The van der Waals surface area contributed by atoms with E-state index in [-0.39, 0.29) is 0 Å². The zero-order chi connectivity index (χ0) is 8.10. The van der Waals surface area contributed by atoms with Crippen LogP contribution in [0.1, 0.15) is 5.56 Å². The van der Waals surface area contributed by atoms with Gasteiger partial charge in [-0.3, -0.25) is 0 Å². The minimum absolute atomic E-state index is 0.615. The molecule has 0 saturated heterocycles. The molecule has 0 fully saturated rings. The number of hydrogen-bond acceptors (Lipinski definition) is 1. The summed E-state index contributed by atoms with van der Waals surface area (Å²) in [7, 11) is 3.29. The van der Waals surface area contributed by atoms with Crippen LogP contribution in [-0.2, 0) is 11.2 Å². The molecule has 0 atom stereocenters. The molecule has 0 aromatic heterocycles. The normalized spacial score (nSPS) is 10.0. The largest absolute Gasteiger partial charge is 0.379 e. The van der Waals surface area contributed by atoms with E-state index in [1.54, 1.807) is 0 Å².